The monoisotopic (exact) mass is 312 g/mol. The van der Waals surface area contributed by atoms with Gasteiger partial charge >= 0.3 is 0 Å². The van der Waals surface area contributed by atoms with E-state index in [1.807, 2.05) is 43.3 Å². The van der Waals surface area contributed by atoms with E-state index < -0.39 is 0 Å². The Hall–Kier alpha value is -2.49. The highest BCUT2D eigenvalue weighted by Crippen LogP contribution is 2.20. The molecular formula is C19H24N2O2. The summed E-state index contributed by atoms with van der Waals surface area (Å²) in [5.74, 6) is 1.32. The molecule has 0 aliphatic rings. The molecule has 0 radical (unpaired) electrons. The average molecular weight is 312 g/mol. The van der Waals surface area contributed by atoms with E-state index in [0.717, 1.165) is 23.7 Å². The second-order valence-electron chi connectivity index (χ2n) is 5.70. The molecule has 0 fully saturated rings. The van der Waals surface area contributed by atoms with Crippen molar-refractivity contribution in [2.75, 3.05) is 16.8 Å². The fraction of sp³-hybridized carbons (Fsp3) is 0.316. The molecule has 0 saturated carbocycles. The Labute approximate surface area is 137 Å². The van der Waals surface area contributed by atoms with E-state index in [0.29, 0.717) is 11.8 Å². The highest BCUT2D eigenvalue weighted by molar-refractivity contribution is 6.01. The minimum Gasteiger partial charge on any atom is -0.462 e. The summed E-state index contributed by atoms with van der Waals surface area (Å²) in [6.07, 6.45) is 3.13. The molecular weight excluding hydrogens is 288 g/mol. The van der Waals surface area contributed by atoms with Gasteiger partial charge in [0.15, 0.2) is 0 Å². The van der Waals surface area contributed by atoms with E-state index >= 15 is 0 Å². The van der Waals surface area contributed by atoms with Crippen molar-refractivity contribution in [1.29, 1.82) is 0 Å². The Morgan fingerprint density at radius 2 is 1.91 bits per heavy atom. The molecule has 1 aromatic heterocycles. The first-order valence-electron chi connectivity index (χ1n) is 7.91. The number of rotatable bonds is 6. The maximum absolute atomic E-state index is 11.9. The van der Waals surface area contributed by atoms with Crippen molar-refractivity contribution >= 4 is 23.4 Å². The molecule has 0 bridgehead atoms. The molecule has 2 aromatic rings. The number of benzene rings is 1. The highest BCUT2D eigenvalue weighted by Gasteiger charge is 2.08. The summed E-state index contributed by atoms with van der Waals surface area (Å²) in [5, 5.41) is 2.85. The number of hydrogen-bond donors (Lipinski definition) is 1. The first-order valence-corrected chi connectivity index (χ1v) is 7.91. The van der Waals surface area contributed by atoms with Crippen LogP contribution in [0.3, 0.4) is 0 Å². The molecule has 0 saturated heterocycles. The van der Waals surface area contributed by atoms with E-state index in [1.54, 1.807) is 6.08 Å². The maximum Gasteiger partial charge on any atom is 0.248 e. The Bertz CT molecular complexity index is 669. The second-order valence-corrected chi connectivity index (χ2v) is 5.70. The molecule has 1 aromatic carbocycles. The lowest BCUT2D eigenvalue weighted by molar-refractivity contribution is -0.111. The van der Waals surface area contributed by atoms with Crippen molar-refractivity contribution in [3.05, 3.63) is 54.0 Å². The van der Waals surface area contributed by atoms with Crippen LogP contribution in [0.25, 0.3) is 6.08 Å². The van der Waals surface area contributed by atoms with Crippen molar-refractivity contribution < 1.29 is 9.21 Å². The number of carbonyl (C=O) groups is 1. The quantitative estimate of drug-likeness (QED) is 0.800. The zero-order chi connectivity index (χ0) is 16.8. The molecule has 0 spiro atoms. The Morgan fingerprint density at radius 1 is 1.22 bits per heavy atom. The summed E-state index contributed by atoms with van der Waals surface area (Å²) in [7, 11) is 0. The molecule has 4 heteroatoms. The normalized spacial score (nSPS) is 11.2. The molecule has 1 N–H and O–H groups in total. The van der Waals surface area contributed by atoms with Gasteiger partial charge in [0.2, 0.25) is 5.91 Å². The van der Waals surface area contributed by atoms with Gasteiger partial charge in [0.05, 0.1) is 0 Å². The van der Waals surface area contributed by atoms with Crippen LogP contribution in [-0.2, 0) is 4.79 Å². The van der Waals surface area contributed by atoms with E-state index in [1.165, 1.54) is 6.08 Å². The molecule has 4 nitrogen and oxygen atoms in total. The minimum absolute atomic E-state index is 0.178. The summed E-state index contributed by atoms with van der Waals surface area (Å²) in [4.78, 5) is 14.2. The lowest BCUT2D eigenvalue weighted by Gasteiger charge is -2.27. The summed E-state index contributed by atoms with van der Waals surface area (Å²) in [6.45, 7) is 9.29. The van der Waals surface area contributed by atoms with Gasteiger partial charge in [0, 0.05) is 30.0 Å². The SMILES string of the molecule is CCN(c1ccc(NC(=O)C=Cc2ccc(C)o2)cc1)C(C)C. The van der Waals surface area contributed by atoms with E-state index in [4.69, 9.17) is 4.42 Å². The molecule has 1 amide bonds. The molecule has 23 heavy (non-hydrogen) atoms. The Morgan fingerprint density at radius 3 is 2.43 bits per heavy atom. The summed E-state index contributed by atoms with van der Waals surface area (Å²) < 4.78 is 5.39. The van der Waals surface area contributed by atoms with Gasteiger partial charge in [-0.2, -0.15) is 0 Å². The summed E-state index contributed by atoms with van der Waals surface area (Å²) >= 11 is 0. The Kier molecular flexibility index (Phi) is 5.63. The predicted octanol–water partition coefficient (Wildman–Crippen LogP) is 4.47. The van der Waals surface area contributed by atoms with Crippen molar-refractivity contribution in [1.82, 2.24) is 0 Å². The van der Waals surface area contributed by atoms with Gasteiger partial charge in [-0.3, -0.25) is 4.79 Å². The lowest BCUT2D eigenvalue weighted by Crippen LogP contribution is -2.30. The molecule has 0 unspecified atom stereocenters. The number of nitrogens with one attached hydrogen (secondary N) is 1. The molecule has 0 aliphatic carbocycles. The second kappa shape index (κ2) is 7.68. The number of amides is 1. The van der Waals surface area contributed by atoms with Gasteiger partial charge < -0.3 is 14.6 Å². The van der Waals surface area contributed by atoms with Gasteiger partial charge in [0.25, 0.3) is 0 Å². The van der Waals surface area contributed by atoms with Crippen LogP contribution in [0.4, 0.5) is 11.4 Å². The van der Waals surface area contributed by atoms with Crippen LogP contribution >= 0.6 is 0 Å². The lowest BCUT2D eigenvalue weighted by atomic mass is 10.2. The molecule has 0 atom stereocenters. The average Bonchev–Trinajstić information content (AvgIpc) is 2.93. The van der Waals surface area contributed by atoms with Gasteiger partial charge in [0.1, 0.15) is 11.5 Å². The largest absolute Gasteiger partial charge is 0.462 e. The number of furan rings is 1. The van der Waals surface area contributed by atoms with Crippen LogP contribution in [0, 0.1) is 6.92 Å². The topological polar surface area (TPSA) is 45.5 Å². The highest BCUT2D eigenvalue weighted by atomic mass is 16.3. The third-order valence-corrected chi connectivity index (χ3v) is 3.59. The maximum atomic E-state index is 11.9. The third kappa shape index (κ3) is 4.74. The van der Waals surface area contributed by atoms with Crippen LogP contribution in [0.2, 0.25) is 0 Å². The van der Waals surface area contributed by atoms with Gasteiger partial charge in [-0.1, -0.05) is 0 Å². The Balaban J connectivity index is 1.97. The third-order valence-electron chi connectivity index (χ3n) is 3.59. The molecule has 2 rings (SSSR count). The van der Waals surface area contributed by atoms with Crippen molar-refractivity contribution in [2.24, 2.45) is 0 Å². The number of carbonyl (C=O) groups excluding carboxylic acids is 1. The molecule has 122 valence electrons. The van der Waals surface area contributed by atoms with Gasteiger partial charge in [-0.25, -0.2) is 0 Å². The molecule has 1 heterocycles. The number of nitrogens with zero attached hydrogens (tertiary/aromatic N) is 1. The van der Waals surface area contributed by atoms with Crippen molar-refractivity contribution in [2.45, 2.75) is 33.7 Å². The van der Waals surface area contributed by atoms with Gasteiger partial charge in [-0.15, -0.1) is 0 Å². The van der Waals surface area contributed by atoms with Crippen LogP contribution < -0.4 is 10.2 Å². The predicted molar refractivity (Wildman–Crippen MR) is 95.7 cm³/mol. The standard InChI is InChI=1S/C19H24N2O2/c1-5-21(14(2)3)17-9-7-16(8-10-17)20-19(22)13-12-18-11-6-15(4)23-18/h6-14H,5H2,1-4H3,(H,20,22). The fourth-order valence-corrected chi connectivity index (χ4v) is 2.47. The zero-order valence-corrected chi connectivity index (χ0v) is 14.2. The van der Waals surface area contributed by atoms with Crippen LogP contribution in [0.15, 0.2) is 46.9 Å². The van der Waals surface area contributed by atoms with E-state index in [-0.39, 0.29) is 5.91 Å². The first kappa shape index (κ1) is 16.9. The number of hydrogen-bond acceptors (Lipinski definition) is 3. The van der Waals surface area contributed by atoms with Gasteiger partial charge in [-0.05, 0) is 70.2 Å². The minimum atomic E-state index is -0.178. The van der Waals surface area contributed by atoms with E-state index in [2.05, 4.69) is 31.0 Å². The summed E-state index contributed by atoms with van der Waals surface area (Å²) in [6, 6.07) is 12.0. The number of aryl methyl sites for hydroxylation is 1. The van der Waals surface area contributed by atoms with Crippen molar-refractivity contribution in [3.8, 4) is 0 Å². The van der Waals surface area contributed by atoms with Crippen LogP contribution in [-0.4, -0.2) is 18.5 Å². The van der Waals surface area contributed by atoms with Crippen LogP contribution in [0.1, 0.15) is 32.3 Å². The zero-order valence-electron chi connectivity index (χ0n) is 14.2. The van der Waals surface area contributed by atoms with E-state index in [9.17, 15) is 4.79 Å². The number of anilines is 2. The smallest absolute Gasteiger partial charge is 0.248 e. The molecule has 0 aliphatic heterocycles. The summed E-state index contributed by atoms with van der Waals surface area (Å²) in [5.41, 5.74) is 1.93. The van der Waals surface area contributed by atoms with Crippen LogP contribution in [0.5, 0.6) is 0 Å². The first-order chi connectivity index (χ1) is 11.0. The fourth-order valence-electron chi connectivity index (χ4n) is 2.47. The van der Waals surface area contributed by atoms with Crippen molar-refractivity contribution in [3.63, 3.8) is 0 Å².